The molecular formula is C13H16Cl2N2O3S. The molecule has 1 amide bonds. The third-order valence-corrected chi connectivity index (χ3v) is 5.29. The van der Waals surface area contributed by atoms with Gasteiger partial charge < -0.3 is 10.2 Å². The van der Waals surface area contributed by atoms with Crippen LogP contribution in [0.5, 0.6) is 0 Å². The fraction of sp³-hybridized carbons (Fsp3) is 0.462. The molecule has 21 heavy (non-hydrogen) atoms. The number of nitrogens with one attached hydrogen (secondary N) is 1. The molecule has 2 rings (SSSR count). The maximum Gasteiger partial charge on any atom is 0.255 e. The molecule has 0 bridgehead atoms. The minimum absolute atomic E-state index is 0.0136. The number of rotatable bonds is 2. The SMILES string of the molecule is CC1CNCCN1C(=O)c1cc(S(C)(=O)=O)c(Cl)cc1Cl. The zero-order valence-electron chi connectivity index (χ0n) is 11.7. The standard InChI is InChI=1S/C13H16Cl2N2O3S/c1-8-7-16-3-4-17(8)13(18)9-5-12(21(2,19)20)11(15)6-10(9)14/h5-6,8,16H,3-4,7H2,1-2H3. The number of hydrogen-bond donors (Lipinski definition) is 1. The molecule has 1 atom stereocenters. The van der Waals surface area contributed by atoms with Crippen LogP contribution in [-0.4, -0.2) is 51.2 Å². The molecule has 1 saturated heterocycles. The molecule has 1 N–H and O–H groups in total. The minimum Gasteiger partial charge on any atom is -0.333 e. The van der Waals surface area contributed by atoms with Crippen LogP contribution in [0.1, 0.15) is 17.3 Å². The van der Waals surface area contributed by atoms with Gasteiger partial charge in [0.15, 0.2) is 9.84 Å². The Balaban J connectivity index is 2.46. The van der Waals surface area contributed by atoms with E-state index in [9.17, 15) is 13.2 Å². The molecule has 1 aliphatic heterocycles. The van der Waals surface area contributed by atoms with Crippen molar-refractivity contribution in [1.82, 2.24) is 10.2 Å². The summed E-state index contributed by atoms with van der Waals surface area (Å²) in [5.74, 6) is -0.282. The molecule has 0 aromatic heterocycles. The van der Waals surface area contributed by atoms with Crippen LogP contribution in [0.3, 0.4) is 0 Å². The van der Waals surface area contributed by atoms with E-state index in [1.807, 2.05) is 6.92 Å². The van der Waals surface area contributed by atoms with Crippen molar-refractivity contribution in [3.05, 3.63) is 27.7 Å². The number of hydrogen-bond acceptors (Lipinski definition) is 4. The number of carbonyl (C=O) groups excluding carboxylic acids is 1. The van der Waals surface area contributed by atoms with Crippen LogP contribution in [-0.2, 0) is 9.84 Å². The summed E-state index contributed by atoms with van der Waals surface area (Å²) in [5, 5.41) is 3.36. The highest BCUT2D eigenvalue weighted by molar-refractivity contribution is 7.90. The molecule has 1 aliphatic rings. The Morgan fingerprint density at radius 3 is 2.57 bits per heavy atom. The average Bonchev–Trinajstić information content (AvgIpc) is 2.37. The molecule has 116 valence electrons. The van der Waals surface area contributed by atoms with Gasteiger partial charge in [0, 0.05) is 31.9 Å². The van der Waals surface area contributed by atoms with E-state index in [1.165, 1.54) is 12.1 Å². The second-order valence-corrected chi connectivity index (χ2v) is 7.88. The molecule has 5 nitrogen and oxygen atoms in total. The number of amides is 1. The van der Waals surface area contributed by atoms with Crippen LogP contribution in [0.4, 0.5) is 0 Å². The molecule has 1 aromatic carbocycles. The summed E-state index contributed by atoms with van der Waals surface area (Å²) in [6.07, 6.45) is 1.05. The molecular weight excluding hydrogens is 335 g/mol. The lowest BCUT2D eigenvalue weighted by atomic mass is 10.1. The van der Waals surface area contributed by atoms with E-state index in [1.54, 1.807) is 4.90 Å². The number of carbonyl (C=O) groups is 1. The van der Waals surface area contributed by atoms with E-state index < -0.39 is 9.84 Å². The number of benzene rings is 1. The zero-order chi connectivity index (χ0) is 15.8. The summed E-state index contributed by atoms with van der Waals surface area (Å²) in [6.45, 7) is 3.86. The Hall–Kier alpha value is -0.820. The largest absolute Gasteiger partial charge is 0.333 e. The molecule has 0 spiro atoms. The van der Waals surface area contributed by atoms with E-state index in [0.717, 1.165) is 6.26 Å². The van der Waals surface area contributed by atoms with Gasteiger partial charge in [-0.1, -0.05) is 23.2 Å². The smallest absolute Gasteiger partial charge is 0.255 e. The number of piperazine rings is 1. The lowest BCUT2D eigenvalue weighted by Gasteiger charge is -2.34. The van der Waals surface area contributed by atoms with Crippen molar-refractivity contribution in [2.45, 2.75) is 17.9 Å². The van der Waals surface area contributed by atoms with Gasteiger partial charge in [-0.2, -0.15) is 0 Å². The Bertz CT molecular complexity index is 676. The lowest BCUT2D eigenvalue weighted by Crippen LogP contribution is -2.52. The van der Waals surface area contributed by atoms with Crippen LogP contribution < -0.4 is 5.32 Å². The van der Waals surface area contributed by atoms with E-state index in [2.05, 4.69) is 5.32 Å². The van der Waals surface area contributed by atoms with Gasteiger partial charge in [-0.3, -0.25) is 4.79 Å². The summed E-state index contributed by atoms with van der Waals surface area (Å²) >= 11 is 12.0. The van der Waals surface area contributed by atoms with E-state index in [4.69, 9.17) is 23.2 Å². The fourth-order valence-electron chi connectivity index (χ4n) is 2.27. The van der Waals surface area contributed by atoms with Crippen molar-refractivity contribution in [3.63, 3.8) is 0 Å². The van der Waals surface area contributed by atoms with Crippen molar-refractivity contribution < 1.29 is 13.2 Å². The summed E-state index contributed by atoms with van der Waals surface area (Å²) in [4.78, 5) is 14.2. The second kappa shape index (κ2) is 6.12. The first-order chi connectivity index (χ1) is 9.71. The Kier molecular flexibility index (Phi) is 4.82. The Labute approximate surface area is 134 Å². The third kappa shape index (κ3) is 3.51. The van der Waals surface area contributed by atoms with Crippen LogP contribution in [0.25, 0.3) is 0 Å². The van der Waals surface area contributed by atoms with E-state index in [0.29, 0.717) is 19.6 Å². The second-order valence-electron chi connectivity index (χ2n) is 5.09. The number of nitrogens with zero attached hydrogens (tertiary/aromatic N) is 1. The monoisotopic (exact) mass is 350 g/mol. The van der Waals surface area contributed by atoms with Gasteiger partial charge in [-0.25, -0.2) is 8.42 Å². The maximum absolute atomic E-state index is 12.6. The normalized spacial score (nSPS) is 19.6. The summed E-state index contributed by atoms with van der Waals surface area (Å²) in [7, 11) is -3.52. The maximum atomic E-state index is 12.6. The minimum atomic E-state index is -3.52. The zero-order valence-corrected chi connectivity index (χ0v) is 14.0. The molecule has 0 aliphatic carbocycles. The lowest BCUT2D eigenvalue weighted by molar-refractivity contribution is 0.0655. The molecule has 1 fully saturated rings. The first-order valence-corrected chi connectivity index (χ1v) is 9.07. The predicted octanol–water partition coefficient (Wildman–Crippen LogP) is 1.83. The highest BCUT2D eigenvalue weighted by Crippen LogP contribution is 2.29. The highest BCUT2D eigenvalue weighted by atomic mass is 35.5. The topological polar surface area (TPSA) is 66.5 Å². The van der Waals surface area contributed by atoms with Crippen LogP contribution in [0.15, 0.2) is 17.0 Å². The van der Waals surface area contributed by atoms with Crippen molar-refractivity contribution >= 4 is 38.9 Å². The summed E-state index contributed by atoms with van der Waals surface area (Å²) < 4.78 is 23.4. The van der Waals surface area contributed by atoms with Crippen LogP contribution >= 0.6 is 23.2 Å². The molecule has 1 aromatic rings. The van der Waals surface area contributed by atoms with Gasteiger partial charge >= 0.3 is 0 Å². The van der Waals surface area contributed by atoms with Crippen LogP contribution in [0, 0.1) is 0 Å². The van der Waals surface area contributed by atoms with Crippen molar-refractivity contribution in [2.75, 3.05) is 25.9 Å². The van der Waals surface area contributed by atoms with Gasteiger partial charge in [0.25, 0.3) is 5.91 Å². The van der Waals surface area contributed by atoms with Gasteiger partial charge in [0.2, 0.25) is 0 Å². The van der Waals surface area contributed by atoms with Gasteiger partial charge in [-0.05, 0) is 19.1 Å². The Morgan fingerprint density at radius 2 is 2.00 bits per heavy atom. The summed E-state index contributed by atoms with van der Waals surface area (Å²) in [5.41, 5.74) is 0.162. The third-order valence-electron chi connectivity index (χ3n) is 3.41. The summed E-state index contributed by atoms with van der Waals surface area (Å²) in [6, 6.07) is 2.58. The molecule has 1 heterocycles. The first-order valence-electron chi connectivity index (χ1n) is 6.42. The average molecular weight is 351 g/mol. The predicted molar refractivity (Wildman–Crippen MR) is 82.9 cm³/mol. The van der Waals surface area contributed by atoms with Crippen molar-refractivity contribution in [1.29, 1.82) is 0 Å². The quantitative estimate of drug-likeness (QED) is 0.883. The highest BCUT2D eigenvalue weighted by Gasteiger charge is 2.27. The number of halogens is 2. The van der Waals surface area contributed by atoms with E-state index in [-0.39, 0.29) is 32.5 Å². The van der Waals surface area contributed by atoms with Crippen molar-refractivity contribution in [2.24, 2.45) is 0 Å². The number of sulfone groups is 1. The first kappa shape index (κ1) is 16.5. The molecule has 1 unspecified atom stereocenters. The fourth-order valence-corrected chi connectivity index (χ4v) is 3.90. The van der Waals surface area contributed by atoms with Crippen molar-refractivity contribution in [3.8, 4) is 0 Å². The van der Waals surface area contributed by atoms with E-state index >= 15 is 0 Å². The molecule has 8 heteroatoms. The van der Waals surface area contributed by atoms with Gasteiger partial charge in [-0.15, -0.1) is 0 Å². The molecule has 0 radical (unpaired) electrons. The Morgan fingerprint density at radius 1 is 1.33 bits per heavy atom. The molecule has 0 saturated carbocycles. The van der Waals surface area contributed by atoms with Gasteiger partial charge in [0.05, 0.1) is 20.5 Å². The van der Waals surface area contributed by atoms with Gasteiger partial charge in [0.1, 0.15) is 0 Å². The van der Waals surface area contributed by atoms with Crippen LogP contribution in [0.2, 0.25) is 10.0 Å².